The normalized spacial score (nSPS) is 30.6. The summed E-state index contributed by atoms with van der Waals surface area (Å²) in [6, 6.07) is 4.93. The van der Waals surface area contributed by atoms with Crippen molar-refractivity contribution in [2.24, 2.45) is 11.8 Å². The van der Waals surface area contributed by atoms with Gasteiger partial charge in [-0.3, -0.25) is 4.90 Å². The predicted molar refractivity (Wildman–Crippen MR) is 112 cm³/mol. The maximum absolute atomic E-state index is 13.0. The van der Waals surface area contributed by atoms with Gasteiger partial charge >= 0.3 is 5.97 Å². The molecule has 1 aromatic heterocycles. The number of aromatic amines is 1. The minimum atomic E-state index is -3.01. The van der Waals surface area contributed by atoms with Crippen molar-refractivity contribution in [3.05, 3.63) is 41.3 Å². The highest BCUT2D eigenvalue weighted by Gasteiger charge is 2.42. The Kier molecular flexibility index (Phi) is 3.26. The second-order valence-electron chi connectivity index (χ2n) is 7.65. The molecule has 4 rings (SSSR count). The summed E-state index contributed by atoms with van der Waals surface area (Å²) in [5, 5.41) is 0.691. The van der Waals surface area contributed by atoms with Crippen LogP contribution in [0, 0.1) is 11.8 Å². The zero-order valence-corrected chi connectivity index (χ0v) is 16.2. The topological polar surface area (TPSA) is 63.8 Å². The Morgan fingerprint density at radius 3 is 3.10 bits per heavy atom. The molecule has 1 fully saturated rings. The Bertz CT molecular complexity index is 1220. The van der Waals surface area contributed by atoms with E-state index < -0.39 is 33.0 Å². The molecule has 0 aliphatic carbocycles. The van der Waals surface area contributed by atoms with Crippen LogP contribution in [0.25, 0.3) is 10.9 Å². The Morgan fingerprint density at radius 1 is 1.38 bits per heavy atom. The quantitative estimate of drug-likeness (QED) is 0.464. The van der Waals surface area contributed by atoms with Gasteiger partial charge in [-0.1, -0.05) is 19.4 Å². The average molecular weight is 408 g/mol. The van der Waals surface area contributed by atoms with Crippen LogP contribution in [-0.2, 0) is 20.7 Å². The number of hydrogen-bond donors (Lipinski definition) is 1. The highest BCUT2D eigenvalue weighted by molar-refractivity contribution is 5.91. The van der Waals surface area contributed by atoms with E-state index in [0.717, 1.165) is 23.0 Å². The zero-order chi connectivity index (χ0) is 28.0. The van der Waals surface area contributed by atoms with Gasteiger partial charge in [0.05, 0.1) is 51.3 Å². The number of carbonyl (C=O) groups excluding carboxylic acids is 1. The highest BCUT2D eigenvalue weighted by Crippen LogP contribution is 2.47. The van der Waals surface area contributed by atoms with E-state index >= 15 is 0 Å². The molecule has 2 aromatic rings. The molecule has 1 saturated heterocycles. The number of piperidine rings is 1. The first-order valence-corrected chi connectivity index (χ1v) is 9.74. The van der Waals surface area contributed by atoms with Crippen LogP contribution in [0.15, 0.2) is 30.0 Å². The van der Waals surface area contributed by atoms with Gasteiger partial charge in [-0.15, -0.1) is 0 Å². The highest BCUT2D eigenvalue weighted by atomic mass is 16.5. The van der Waals surface area contributed by atoms with E-state index in [1.54, 1.807) is 12.1 Å². The third-order valence-corrected chi connectivity index (χ3v) is 6.41. The van der Waals surface area contributed by atoms with Gasteiger partial charge in [0, 0.05) is 29.7 Å². The number of fused-ring (bicyclic) bond motifs is 5. The summed E-state index contributed by atoms with van der Waals surface area (Å²) in [4.78, 5) is 18.6. The Balaban J connectivity index is 1.75. The largest absolute Gasteiger partial charge is 0.504 e. The number of ether oxygens (including phenoxy) is 3. The number of rotatable bonds is 5. The van der Waals surface area contributed by atoms with Crippen LogP contribution in [0.4, 0.5) is 0 Å². The molecule has 3 heterocycles. The summed E-state index contributed by atoms with van der Waals surface area (Å²) in [6.45, 7) is 3.21. The van der Waals surface area contributed by atoms with Crippen molar-refractivity contribution in [3.63, 3.8) is 0 Å². The van der Waals surface area contributed by atoms with Crippen LogP contribution in [0.3, 0.4) is 0 Å². The lowest BCUT2D eigenvalue weighted by molar-refractivity contribution is -0.137. The number of hydrogen-bond acceptors (Lipinski definition) is 5. The number of nitrogens with one attached hydrogen (secondary N) is 1. The first kappa shape index (κ1) is 11.6. The summed E-state index contributed by atoms with van der Waals surface area (Å²) >= 11 is 0. The molecule has 156 valence electrons. The number of benzene rings is 1. The van der Waals surface area contributed by atoms with Crippen molar-refractivity contribution in [2.75, 3.05) is 34.2 Å². The first-order chi connectivity index (χ1) is 17.6. The second-order valence-corrected chi connectivity index (χ2v) is 7.65. The van der Waals surface area contributed by atoms with E-state index in [4.69, 9.17) is 21.8 Å². The van der Waals surface area contributed by atoms with Crippen LogP contribution >= 0.6 is 0 Å². The molecule has 3 atom stereocenters. The number of nitrogens with zero attached hydrogens (tertiary/aromatic N) is 1. The number of aromatic nitrogens is 1. The fourth-order valence-corrected chi connectivity index (χ4v) is 5.08. The van der Waals surface area contributed by atoms with Gasteiger partial charge in [0.1, 0.15) is 5.75 Å². The van der Waals surface area contributed by atoms with Gasteiger partial charge in [0.2, 0.25) is 0 Å². The lowest BCUT2D eigenvalue weighted by Gasteiger charge is -2.46. The predicted octanol–water partition coefficient (Wildman–Crippen LogP) is 3.83. The van der Waals surface area contributed by atoms with Gasteiger partial charge in [-0.25, -0.2) is 4.79 Å². The molecule has 29 heavy (non-hydrogen) atoms. The number of methoxy groups -OCH3 is 3. The van der Waals surface area contributed by atoms with Crippen LogP contribution in [-0.4, -0.2) is 50.1 Å². The van der Waals surface area contributed by atoms with Crippen molar-refractivity contribution >= 4 is 16.9 Å². The summed E-state index contributed by atoms with van der Waals surface area (Å²) in [5.74, 6) is -1.54. The molecule has 6 heteroatoms. The summed E-state index contributed by atoms with van der Waals surface area (Å²) in [6.07, 6.45) is 2.48. The van der Waals surface area contributed by atoms with Crippen LogP contribution in [0.2, 0.25) is 0 Å². The van der Waals surface area contributed by atoms with E-state index in [1.807, 2.05) is 13.0 Å². The maximum Gasteiger partial charge on any atom is 0.337 e. The van der Waals surface area contributed by atoms with E-state index in [0.29, 0.717) is 37.7 Å². The lowest BCUT2D eigenvalue weighted by atomic mass is 9.74. The molecule has 2 aliphatic rings. The molecule has 0 bridgehead atoms. The van der Waals surface area contributed by atoms with Crippen LogP contribution in [0.1, 0.15) is 49.4 Å². The molecule has 0 spiro atoms. The Morgan fingerprint density at radius 2 is 2.31 bits per heavy atom. The SMILES string of the molecule is [2H]C([2H])([2H])O/C=C(/C(=O)OC([2H])([2H])[2H])[C@H]1C[C@H]2c3[nH]c4cccc(OC([2H])([2H])[2H])c4c3CCN2C[C@H]1CC. The minimum Gasteiger partial charge on any atom is -0.504 e. The molecule has 1 N–H and O–H groups in total. The van der Waals surface area contributed by atoms with Gasteiger partial charge in [-0.05, 0) is 42.4 Å². The molecule has 0 saturated carbocycles. The first-order valence-electron chi connectivity index (χ1n) is 14.2. The molecule has 6 nitrogen and oxygen atoms in total. The molecular formula is C23H30N2O4. The van der Waals surface area contributed by atoms with Crippen molar-refractivity contribution < 1.29 is 31.3 Å². The van der Waals surface area contributed by atoms with Crippen LogP contribution in [0.5, 0.6) is 5.75 Å². The Labute approximate surface area is 184 Å². The third-order valence-electron chi connectivity index (χ3n) is 6.41. The average Bonchev–Trinajstić information content (AvgIpc) is 3.16. The van der Waals surface area contributed by atoms with E-state index in [-0.39, 0.29) is 23.3 Å². The van der Waals surface area contributed by atoms with Crippen molar-refractivity contribution in [1.82, 2.24) is 9.88 Å². The molecule has 2 aliphatic heterocycles. The zero-order valence-electron chi connectivity index (χ0n) is 25.2. The lowest BCUT2D eigenvalue weighted by Crippen LogP contribution is -2.47. The van der Waals surface area contributed by atoms with Crippen LogP contribution < -0.4 is 4.74 Å². The molecule has 1 aromatic carbocycles. The van der Waals surface area contributed by atoms with Crippen molar-refractivity contribution in [1.29, 1.82) is 0 Å². The third kappa shape index (κ3) is 3.29. The van der Waals surface area contributed by atoms with E-state index in [9.17, 15) is 4.79 Å². The second kappa shape index (κ2) is 8.11. The van der Waals surface area contributed by atoms with E-state index in [1.165, 1.54) is 0 Å². The smallest absolute Gasteiger partial charge is 0.337 e. The standard InChI is InChI=1S/C23H30N2O4/c1-5-14-12-25-10-9-15-21-18(7-6-8-20(21)28-3)24-22(15)19(25)11-16(14)17(13-27-2)23(26)29-4/h6-8,13-14,16,19,24H,5,9-12H2,1-4H3/b17-13+/t14-,16+,19+/m1/s1/i2D3,3D3,4D3. The van der Waals surface area contributed by atoms with Gasteiger partial charge in [0.25, 0.3) is 0 Å². The minimum absolute atomic E-state index is 0.0952. The van der Waals surface area contributed by atoms with Gasteiger partial charge in [0.15, 0.2) is 0 Å². The number of esters is 1. The van der Waals surface area contributed by atoms with Gasteiger partial charge < -0.3 is 19.2 Å². The molecular weight excluding hydrogens is 368 g/mol. The number of H-pyrrole nitrogens is 1. The summed E-state index contributed by atoms with van der Waals surface area (Å²) in [5.41, 5.74) is 2.35. The van der Waals surface area contributed by atoms with E-state index in [2.05, 4.69) is 14.6 Å². The molecule has 0 amide bonds. The monoisotopic (exact) mass is 407 g/mol. The summed E-state index contributed by atoms with van der Waals surface area (Å²) in [7, 11) is -8.45. The van der Waals surface area contributed by atoms with Crippen molar-refractivity contribution in [3.8, 4) is 5.75 Å². The fourth-order valence-electron chi connectivity index (χ4n) is 5.08. The van der Waals surface area contributed by atoms with Crippen molar-refractivity contribution in [2.45, 2.75) is 32.2 Å². The fraction of sp³-hybridized carbons (Fsp3) is 0.522. The molecule has 0 radical (unpaired) electrons. The van der Waals surface area contributed by atoms with Gasteiger partial charge in [-0.2, -0.15) is 0 Å². The number of carbonyl (C=O) groups is 1. The Hall–Kier alpha value is -2.47. The molecule has 0 unspecified atom stereocenters. The maximum atomic E-state index is 13.0. The summed E-state index contributed by atoms with van der Waals surface area (Å²) < 4.78 is 81.6.